The van der Waals surface area contributed by atoms with Crippen molar-refractivity contribution in [3.05, 3.63) is 73.3 Å². The van der Waals surface area contributed by atoms with E-state index in [0.29, 0.717) is 11.5 Å². The van der Waals surface area contributed by atoms with Gasteiger partial charge in [0.05, 0.1) is 0 Å². The van der Waals surface area contributed by atoms with Crippen LogP contribution in [-0.4, -0.2) is 5.91 Å². The molecule has 2 rings (SSSR count). The fourth-order valence-corrected chi connectivity index (χ4v) is 1.45. The molecule has 0 amide bonds. The lowest BCUT2D eigenvalue weighted by atomic mass is 10.3. The van der Waals surface area contributed by atoms with Crippen LogP contribution in [0.1, 0.15) is 0 Å². The zero-order chi connectivity index (χ0) is 12.8. The van der Waals surface area contributed by atoms with Crippen LogP contribution < -0.4 is 15.2 Å². The molecule has 0 saturated heterocycles. The Morgan fingerprint density at radius 1 is 0.833 bits per heavy atom. The first kappa shape index (κ1) is 12.2. The maximum absolute atomic E-state index is 6.00. The van der Waals surface area contributed by atoms with Gasteiger partial charge >= 0.3 is 5.91 Å². The predicted octanol–water partition coefficient (Wildman–Crippen LogP) is 2.94. The van der Waals surface area contributed by atoms with Gasteiger partial charge in [0.15, 0.2) is 0 Å². The van der Waals surface area contributed by atoms with Gasteiger partial charge in [-0.2, -0.15) is 0 Å². The number of hydrogen-bond donors (Lipinski definition) is 1. The van der Waals surface area contributed by atoms with Crippen molar-refractivity contribution < 1.29 is 9.47 Å². The van der Waals surface area contributed by atoms with Crippen molar-refractivity contribution in [1.29, 1.82) is 0 Å². The highest BCUT2D eigenvalue weighted by Gasteiger charge is 2.25. The summed E-state index contributed by atoms with van der Waals surface area (Å²) >= 11 is 0. The molecule has 0 aromatic heterocycles. The first-order chi connectivity index (χ1) is 8.72. The van der Waals surface area contributed by atoms with Gasteiger partial charge in [0.1, 0.15) is 11.5 Å². The fraction of sp³-hybridized carbons (Fsp3) is 0.0667. The van der Waals surface area contributed by atoms with E-state index in [0.717, 1.165) is 0 Å². The Balaban J connectivity index is 2.13. The molecule has 2 N–H and O–H groups in total. The van der Waals surface area contributed by atoms with E-state index in [1.165, 1.54) is 6.08 Å². The second kappa shape index (κ2) is 5.38. The van der Waals surface area contributed by atoms with Crippen LogP contribution in [0.3, 0.4) is 0 Å². The molecule has 0 unspecified atom stereocenters. The molecule has 92 valence electrons. The van der Waals surface area contributed by atoms with Gasteiger partial charge in [0.2, 0.25) is 0 Å². The Bertz CT molecular complexity index is 455. The molecule has 2 aromatic rings. The van der Waals surface area contributed by atoms with Gasteiger partial charge in [-0.1, -0.05) is 43.0 Å². The molecule has 0 spiro atoms. The highest BCUT2D eigenvalue weighted by Crippen LogP contribution is 2.20. The van der Waals surface area contributed by atoms with E-state index in [9.17, 15) is 0 Å². The smallest absolute Gasteiger partial charge is 0.331 e. The van der Waals surface area contributed by atoms with Crippen molar-refractivity contribution in [2.75, 3.05) is 0 Å². The first-order valence-electron chi connectivity index (χ1n) is 5.62. The van der Waals surface area contributed by atoms with Crippen LogP contribution in [0.25, 0.3) is 0 Å². The molecule has 18 heavy (non-hydrogen) atoms. The molecule has 0 bridgehead atoms. The van der Waals surface area contributed by atoms with Crippen molar-refractivity contribution in [3.8, 4) is 11.5 Å². The molecule has 0 aliphatic rings. The molecule has 3 heteroatoms. The second-order valence-electron chi connectivity index (χ2n) is 3.76. The van der Waals surface area contributed by atoms with Crippen LogP contribution >= 0.6 is 0 Å². The van der Waals surface area contributed by atoms with E-state index in [4.69, 9.17) is 15.2 Å². The van der Waals surface area contributed by atoms with E-state index in [1.807, 2.05) is 36.4 Å². The van der Waals surface area contributed by atoms with E-state index >= 15 is 0 Å². The maximum Gasteiger partial charge on any atom is 0.331 e. The van der Waals surface area contributed by atoms with Gasteiger partial charge in [-0.25, -0.2) is 0 Å². The second-order valence-corrected chi connectivity index (χ2v) is 3.76. The van der Waals surface area contributed by atoms with Gasteiger partial charge in [0, 0.05) is 6.08 Å². The van der Waals surface area contributed by atoms with E-state index in [-0.39, 0.29) is 0 Å². The van der Waals surface area contributed by atoms with Crippen molar-refractivity contribution in [2.45, 2.75) is 5.91 Å². The van der Waals surface area contributed by atoms with Gasteiger partial charge < -0.3 is 9.47 Å². The van der Waals surface area contributed by atoms with Gasteiger partial charge in [-0.15, -0.1) is 0 Å². The SMILES string of the molecule is C=CC(N)(Oc1ccccc1)Oc1ccccc1. The molecular weight excluding hydrogens is 226 g/mol. The summed E-state index contributed by atoms with van der Waals surface area (Å²) in [6.45, 7) is 3.65. The number of rotatable bonds is 5. The van der Waals surface area contributed by atoms with Crippen molar-refractivity contribution >= 4 is 0 Å². The third-order valence-electron chi connectivity index (χ3n) is 2.33. The van der Waals surface area contributed by atoms with Crippen LogP contribution in [-0.2, 0) is 0 Å². The lowest BCUT2D eigenvalue weighted by molar-refractivity contribution is -0.0649. The zero-order valence-electron chi connectivity index (χ0n) is 9.95. The summed E-state index contributed by atoms with van der Waals surface area (Å²) < 4.78 is 11.2. The van der Waals surface area contributed by atoms with Crippen molar-refractivity contribution in [3.63, 3.8) is 0 Å². The zero-order valence-corrected chi connectivity index (χ0v) is 9.95. The molecule has 0 heterocycles. The summed E-state index contributed by atoms with van der Waals surface area (Å²) in [5.41, 5.74) is 6.00. The fourth-order valence-electron chi connectivity index (χ4n) is 1.45. The quantitative estimate of drug-likeness (QED) is 0.646. The molecule has 0 aliphatic carbocycles. The summed E-state index contributed by atoms with van der Waals surface area (Å²) in [7, 11) is 0. The van der Waals surface area contributed by atoms with Crippen LogP contribution in [0.15, 0.2) is 73.3 Å². The predicted molar refractivity (Wildman–Crippen MR) is 71.3 cm³/mol. The largest absolute Gasteiger partial charge is 0.436 e. The number of nitrogens with two attached hydrogens (primary N) is 1. The lowest BCUT2D eigenvalue weighted by Gasteiger charge is -2.27. The molecule has 0 aliphatic heterocycles. The highest BCUT2D eigenvalue weighted by atomic mass is 16.7. The third kappa shape index (κ3) is 3.12. The molecule has 0 radical (unpaired) electrons. The summed E-state index contributed by atoms with van der Waals surface area (Å²) in [6, 6.07) is 18.5. The Morgan fingerprint density at radius 3 is 1.56 bits per heavy atom. The topological polar surface area (TPSA) is 44.5 Å². The molecule has 0 saturated carbocycles. The number of benzene rings is 2. The summed E-state index contributed by atoms with van der Waals surface area (Å²) in [6.07, 6.45) is 1.42. The van der Waals surface area contributed by atoms with E-state index < -0.39 is 5.91 Å². The Morgan fingerprint density at radius 2 is 1.22 bits per heavy atom. The van der Waals surface area contributed by atoms with Crippen molar-refractivity contribution in [2.24, 2.45) is 5.73 Å². The Labute approximate surface area is 106 Å². The molecule has 2 aromatic carbocycles. The van der Waals surface area contributed by atoms with Crippen molar-refractivity contribution in [1.82, 2.24) is 0 Å². The summed E-state index contributed by atoms with van der Waals surface area (Å²) in [5, 5.41) is 0. The Kier molecular flexibility index (Phi) is 3.65. The first-order valence-corrected chi connectivity index (χ1v) is 5.62. The Hall–Kier alpha value is -2.26. The van der Waals surface area contributed by atoms with Crippen LogP contribution in [0.5, 0.6) is 11.5 Å². The van der Waals surface area contributed by atoms with Crippen LogP contribution in [0, 0.1) is 0 Å². The average Bonchev–Trinajstić information content (AvgIpc) is 2.41. The molecule has 0 atom stereocenters. The van der Waals surface area contributed by atoms with E-state index in [2.05, 4.69) is 6.58 Å². The number of hydrogen-bond acceptors (Lipinski definition) is 3. The average molecular weight is 241 g/mol. The molecule has 0 fully saturated rings. The lowest BCUT2D eigenvalue weighted by Crippen LogP contribution is -2.49. The van der Waals surface area contributed by atoms with Crippen LogP contribution in [0.2, 0.25) is 0 Å². The highest BCUT2D eigenvalue weighted by molar-refractivity contribution is 5.25. The molecular formula is C15H15NO2. The minimum atomic E-state index is -1.39. The van der Waals surface area contributed by atoms with Gasteiger partial charge in [-0.3, -0.25) is 5.73 Å². The number of para-hydroxylation sites is 2. The van der Waals surface area contributed by atoms with Gasteiger partial charge in [-0.05, 0) is 24.3 Å². The molecule has 3 nitrogen and oxygen atoms in total. The number of ether oxygens (including phenoxy) is 2. The summed E-state index contributed by atoms with van der Waals surface area (Å²) in [5.74, 6) is -0.144. The third-order valence-corrected chi connectivity index (χ3v) is 2.33. The minimum absolute atomic E-state index is 0.621. The van der Waals surface area contributed by atoms with Crippen LogP contribution in [0.4, 0.5) is 0 Å². The van der Waals surface area contributed by atoms with Gasteiger partial charge in [0.25, 0.3) is 0 Å². The van der Waals surface area contributed by atoms with E-state index in [1.54, 1.807) is 24.3 Å². The standard InChI is InChI=1S/C15H15NO2/c1-2-15(16,17-13-9-5-3-6-10-13)18-14-11-7-4-8-12-14/h2-12H,1,16H2. The minimum Gasteiger partial charge on any atom is -0.436 e. The summed E-state index contributed by atoms with van der Waals surface area (Å²) in [4.78, 5) is 0. The maximum atomic E-state index is 6.00. The monoisotopic (exact) mass is 241 g/mol. The normalized spacial score (nSPS) is 10.7.